The van der Waals surface area contributed by atoms with Crippen LogP contribution in [0.25, 0.3) is 22.2 Å². The van der Waals surface area contributed by atoms with E-state index in [0.717, 1.165) is 29.5 Å². The number of nitrogens with zero attached hydrogens (tertiary/aromatic N) is 2. The summed E-state index contributed by atoms with van der Waals surface area (Å²) in [6.07, 6.45) is 1.71. The number of hydrogen-bond acceptors (Lipinski definition) is 6. The number of aryl methyl sites for hydroxylation is 1. The Bertz CT molecular complexity index is 1400. The second-order valence-corrected chi connectivity index (χ2v) is 10.7. The first-order valence-electron chi connectivity index (χ1n) is 12.7. The average molecular weight is 523 g/mol. The van der Waals surface area contributed by atoms with Gasteiger partial charge in [-0.1, -0.05) is 30.3 Å². The van der Waals surface area contributed by atoms with Crippen LogP contribution in [0.15, 0.2) is 51.7 Å². The van der Waals surface area contributed by atoms with E-state index in [1.807, 2.05) is 36.4 Å². The number of ether oxygens (including phenoxy) is 1. The molecule has 2 aromatic carbocycles. The Hall–Kier alpha value is -4.08. The first kappa shape index (κ1) is 27.0. The lowest BCUT2D eigenvalue weighted by Crippen LogP contribution is -2.56. The largest absolute Gasteiger partial charge is 0.444 e. The van der Waals surface area contributed by atoms with Crippen molar-refractivity contribution in [2.75, 3.05) is 6.54 Å². The maximum atomic E-state index is 13.2. The summed E-state index contributed by atoms with van der Waals surface area (Å²) in [5, 5.41) is 2.75. The van der Waals surface area contributed by atoms with Crippen molar-refractivity contribution in [3.63, 3.8) is 0 Å². The molecular weight excluding hydrogens is 488 g/mol. The number of amides is 3. The lowest BCUT2D eigenvalue weighted by atomic mass is 9.98. The van der Waals surface area contributed by atoms with Gasteiger partial charge in [0.15, 0.2) is 5.58 Å². The molecule has 4 rings (SSSR count). The molecule has 3 N–H and O–H groups in total. The van der Waals surface area contributed by atoms with Crippen molar-refractivity contribution in [1.29, 1.82) is 0 Å². The van der Waals surface area contributed by atoms with Crippen LogP contribution in [0.5, 0.6) is 0 Å². The van der Waals surface area contributed by atoms with E-state index in [1.54, 1.807) is 33.9 Å². The standard InChI is InChI=1S/C28H34N4O6/c1-28(2,3)38-27(36)32-14-6-5-7-21(32)25(34)30-20(24(29)33)15-17-8-10-18(11-9-17)19-12-13-23-22(16-19)31(4)26(35)37-23/h8-13,16,20-21H,5-7,14-15H2,1-4H3,(H2,29,33)(H,30,34)/t20-,21?/m0/s1. The van der Waals surface area contributed by atoms with Crippen LogP contribution in [0.4, 0.5) is 4.79 Å². The smallest absolute Gasteiger partial charge is 0.419 e. The minimum Gasteiger partial charge on any atom is -0.444 e. The Morgan fingerprint density at radius 1 is 1.11 bits per heavy atom. The van der Waals surface area contributed by atoms with E-state index in [4.69, 9.17) is 14.9 Å². The molecule has 0 bridgehead atoms. The minimum absolute atomic E-state index is 0.204. The zero-order valence-electron chi connectivity index (χ0n) is 22.2. The van der Waals surface area contributed by atoms with Crippen LogP contribution in [-0.4, -0.2) is 51.6 Å². The van der Waals surface area contributed by atoms with Crippen molar-refractivity contribution in [2.24, 2.45) is 12.8 Å². The van der Waals surface area contributed by atoms with Gasteiger partial charge in [-0.25, -0.2) is 9.59 Å². The van der Waals surface area contributed by atoms with Crippen molar-refractivity contribution in [2.45, 2.75) is 64.1 Å². The quantitative estimate of drug-likeness (QED) is 0.510. The minimum atomic E-state index is -0.937. The van der Waals surface area contributed by atoms with Gasteiger partial charge in [-0.15, -0.1) is 0 Å². The molecule has 1 fully saturated rings. The summed E-state index contributed by atoms with van der Waals surface area (Å²) in [4.78, 5) is 51.3. The Labute approximate surface area is 220 Å². The molecule has 202 valence electrons. The number of rotatable bonds is 6. The van der Waals surface area contributed by atoms with Gasteiger partial charge in [0.05, 0.1) is 5.52 Å². The number of carbonyl (C=O) groups excluding carboxylic acids is 3. The van der Waals surface area contributed by atoms with Gasteiger partial charge in [-0.2, -0.15) is 0 Å². The fourth-order valence-electron chi connectivity index (χ4n) is 4.61. The molecule has 0 aliphatic carbocycles. The molecule has 1 aromatic heterocycles. The van der Waals surface area contributed by atoms with Gasteiger partial charge < -0.3 is 20.2 Å². The normalized spacial score (nSPS) is 16.7. The Morgan fingerprint density at radius 2 is 1.79 bits per heavy atom. The number of piperidine rings is 1. The summed E-state index contributed by atoms with van der Waals surface area (Å²) in [7, 11) is 1.65. The van der Waals surface area contributed by atoms with Gasteiger partial charge in [0, 0.05) is 20.0 Å². The fourth-order valence-corrected chi connectivity index (χ4v) is 4.61. The van der Waals surface area contributed by atoms with Crippen molar-refractivity contribution in [1.82, 2.24) is 14.8 Å². The first-order chi connectivity index (χ1) is 17.9. The van der Waals surface area contributed by atoms with Crippen LogP contribution < -0.4 is 16.8 Å². The third-order valence-electron chi connectivity index (χ3n) is 6.61. The van der Waals surface area contributed by atoms with Crippen LogP contribution in [0.2, 0.25) is 0 Å². The number of aromatic nitrogens is 1. The fraction of sp³-hybridized carbons (Fsp3) is 0.429. The molecule has 1 unspecified atom stereocenters. The predicted molar refractivity (Wildman–Crippen MR) is 142 cm³/mol. The monoisotopic (exact) mass is 522 g/mol. The number of primary amides is 1. The molecule has 10 heteroatoms. The summed E-state index contributed by atoms with van der Waals surface area (Å²) in [6, 6.07) is 11.4. The van der Waals surface area contributed by atoms with Crippen LogP contribution in [-0.2, 0) is 27.8 Å². The van der Waals surface area contributed by atoms with E-state index < -0.39 is 41.3 Å². The lowest BCUT2D eigenvalue weighted by Gasteiger charge is -2.36. The third-order valence-corrected chi connectivity index (χ3v) is 6.61. The number of hydrogen-bond donors (Lipinski definition) is 2. The van der Waals surface area contributed by atoms with Crippen molar-refractivity contribution in [3.05, 3.63) is 58.6 Å². The number of fused-ring (bicyclic) bond motifs is 1. The van der Waals surface area contributed by atoms with E-state index in [0.29, 0.717) is 24.1 Å². The topological polar surface area (TPSA) is 137 Å². The molecule has 0 spiro atoms. The van der Waals surface area contributed by atoms with Crippen LogP contribution >= 0.6 is 0 Å². The summed E-state index contributed by atoms with van der Waals surface area (Å²) >= 11 is 0. The van der Waals surface area contributed by atoms with E-state index in [1.165, 1.54) is 9.47 Å². The SMILES string of the molecule is Cn1c(=O)oc2ccc(-c3ccc(C[C@H](NC(=O)C4CCCCN4C(=O)OC(C)(C)C)C(N)=O)cc3)cc21. The highest BCUT2D eigenvalue weighted by Gasteiger charge is 2.36. The maximum absolute atomic E-state index is 13.2. The van der Waals surface area contributed by atoms with Crippen molar-refractivity contribution >= 4 is 29.0 Å². The summed E-state index contributed by atoms with van der Waals surface area (Å²) < 4.78 is 12.1. The van der Waals surface area contributed by atoms with E-state index in [9.17, 15) is 19.2 Å². The molecule has 38 heavy (non-hydrogen) atoms. The van der Waals surface area contributed by atoms with Crippen molar-refractivity contribution < 1.29 is 23.5 Å². The molecule has 10 nitrogen and oxygen atoms in total. The van der Waals surface area contributed by atoms with Gasteiger partial charge >= 0.3 is 11.8 Å². The van der Waals surface area contributed by atoms with Gasteiger partial charge in [0.2, 0.25) is 11.8 Å². The molecule has 2 heterocycles. The van der Waals surface area contributed by atoms with Gasteiger partial charge in [0.25, 0.3) is 0 Å². The zero-order chi connectivity index (χ0) is 27.6. The van der Waals surface area contributed by atoms with Crippen LogP contribution in [0.3, 0.4) is 0 Å². The highest BCUT2D eigenvalue weighted by atomic mass is 16.6. The highest BCUT2D eigenvalue weighted by Crippen LogP contribution is 2.25. The molecule has 0 saturated carbocycles. The van der Waals surface area contributed by atoms with Gasteiger partial charge in [-0.05, 0) is 68.9 Å². The first-order valence-corrected chi connectivity index (χ1v) is 12.7. The molecule has 1 aliphatic heterocycles. The molecular formula is C28H34N4O6. The second-order valence-electron chi connectivity index (χ2n) is 10.7. The van der Waals surface area contributed by atoms with Gasteiger partial charge in [0.1, 0.15) is 17.7 Å². The molecule has 0 radical (unpaired) electrons. The Kier molecular flexibility index (Phi) is 7.61. The summed E-state index contributed by atoms with van der Waals surface area (Å²) in [6.45, 7) is 5.73. The number of nitrogens with one attached hydrogen (secondary N) is 1. The Balaban J connectivity index is 1.46. The van der Waals surface area contributed by atoms with E-state index in [-0.39, 0.29) is 6.42 Å². The van der Waals surface area contributed by atoms with E-state index >= 15 is 0 Å². The molecule has 1 aliphatic rings. The number of nitrogens with two attached hydrogens (primary N) is 1. The third kappa shape index (κ3) is 6.07. The van der Waals surface area contributed by atoms with Crippen molar-refractivity contribution in [3.8, 4) is 11.1 Å². The molecule has 3 aromatic rings. The van der Waals surface area contributed by atoms with Gasteiger partial charge in [-0.3, -0.25) is 19.1 Å². The van der Waals surface area contributed by atoms with Crippen LogP contribution in [0.1, 0.15) is 45.6 Å². The molecule has 3 amide bonds. The molecule has 2 atom stereocenters. The summed E-state index contributed by atoms with van der Waals surface area (Å²) in [5.41, 5.74) is 8.78. The van der Waals surface area contributed by atoms with Crippen LogP contribution in [0, 0.1) is 0 Å². The van der Waals surface area contributed by atoms with E-state index in [2.05, 4.69) is 5.32 Å². The summed E-state index contributed by atoms with van der Waals surface area (Å²) in [5.74, 6) is -1.50. The Morgan fingerprint density at radius 3 is 2.45 bits per heavy atom. The molecule has 1 saturated heterocycles. The number of carbonyl (C=O) groups is 3. The number of oxazole rings is 1. The zero-order valence-corrected chi connectivity index (χ0v) is 22.2. The number of likely N-dealkylation sites (tertiary alicyclic amines) is 1. The lowest BCUT2D eigenvalue weighted by molar-refractivity contribution is -0.131. The highest BCUT2D eigenvalue weighted by molar-refractivity contribution is 5.91. The number of benzene rings is 2. The maximum Gasteiger partial charge on any atom is 0.419 e. The average Bonchev–Trinajstić information content (AvgIpc) is 3.15. The second kappa shape index (κ2) is 10.7. The predicted octanol–water partition coefficient (Wildman–Crippen LogP) is 3.10.